The van der Waals surface area contributed by atoms with E-state index in [9.17, 15) is 18.3 Å². The molecule has 1 saturated carbocycles. The zero-order chi connectivity index (χ0) is 31.2. The van der Waals surface area contributed by atoms with Crippen molar-refractivity contribution in [2.75, 3.05) is 17.8 Å². The normalized spacial score (nSPS) is 17.2. The van der Waals surface area contributed by atoms with Crippen LogP contribution in [-0.2, 0) is 23.0 Å². The average molecular weight is 634 g/mol. The summed E-state index contributed by atoms with van der Waals surface area (Å²) in [6.07, 6.45) is 11.2. The number of aromatic nitrogens is 5. The first kappa shape index (κ1) is 30.9. The number of tetrazole rings is 1. The number of aryl methyl sites for hydroxylation is 2. The number of hydrogen-bond acceptors (Lipinski definition) is 9. The number of ether oxygens (including phenoxy) is 1. The fourth-order valence-corrected chi connectivity index (χ4v) is 6.81. The van der Waals surface area contributed by atoms with Gasteiger partial charge in [-0.15, -0.1) is 0 Å². The molecule has 3 N–H and O–H groups in total. The van der Waals surface area contributed by atoms with Gasteiger partial charge in [0.1, 0.15) is 11.9 Å². The van der Waals surface area contributed by atoms with Crippen molar-refractivity contribution in [3.05, 3.63) is 88.6 Å². The topological polar surface area (TPSA) is 153 Å². The number of anilines is 1. The van der Waals surface area contributed by atoms with Crippen LogP contribution >= 0.6 is 0 Å². The Hall–Kier alpha value is -4.07. The molecule has 2 unspecified atom stereocenters. The van der Waals surface area contributed by atoms with Gasteiger partial charge in [0.2, 0.25) is 0 Å². The quantitative estimate of drug-likeness (QED) is 0.177. The van der Waals surface area contributed by atoms with Crippen molar-refractivity contribution < 1.29 is 18.3 Å². The van der Waals surface area contributed by atoms with E-state index in [0.29, 0.717) is 36.8 Å². The third-order valence-corrected chi connectivity index (χ3v) is 10.0. The van der Waals surface area contributed by atoms with Crippen LogP contribution in [0.2, 0.25) is 0 Å². The molecule has 1 aliphatic carbocycles. The number of benzene rings is 2. The fraction of sp³-hybridized carbons (Fsp3) is 0.438. The van der Waals surface area contributed by atoms with Gasteiger partial charge in [-0.3, -0.25) is 9.71 Å². The minimum Gasteiger partial charge on any atom is -0.489 e. The number of nitrogens with zero attached hydrogens (tertiary/aromatic N) is 5. The van der Waals surface area contributed by atoms with Crippen molar-refractivity contribution in [2.45, 2.75) is 75.0 Å². The van der Waals surface area contributed by atoms with E-state index in [2.05, 4.69) is 25.4 Å². The van der Waals surface area contributed by atoms with Crippen molar-refractivity contribution in [3.8, 4) is 11.4 Å². The van der Waals surface area contributed by atoms with Gasteiger partial charge in [0, 0.05) is 43.3 Å². The predicted octanol–water partition coefficient (Wildman–Crippen LogP) is 3.61. The number of rotatable bonds is 14. The molecule has 13 heteroatoms. The van der Waals surface area contributed by atoms with E-state index in [0.717, 1.165) is 42.7 Å². The van der Waals surface area contributed by atoms with Crippen LogP contribution in [0.25, 0.3) is 5.69 Å². The highest BCUT2D eigenvalue weighted by Gasteiger charge is 2.22. The van der Waals surface area contributed by atoms with E-state index in [1.807, 2.05) is 6.07 Å². The summed E-state index contributed by atoms with van der Waals surface area (Å²) in [6.45, 7) is 1.48. The molecule has 2 aromatic heterocycles. The molecule has 45 heavy (non-hydrogen) atoms. The first-order chi connectivity index (χ1) is 21.9. The van der Waals surface area contributed by atoms with Crippen molar-refractivity contribution >= 4 is 15.7 Å². The van der Waals surface area contributed by atoms with Crippen molar-refractivity contribution in [1.29, 1.82) is 0 Å². The van der Waals surface area contributed by atoms with Gasteiger partial charge < -0.3 is 15.2 Å². The molecule has 2 aliphatic rings. The van der Waals surface area contributed by atoms with Crippen LogP contribution < -0.4 is 20.5 Å². The highest BCUT2D eigenvalue weighted by molar-refractivity contribution is 7.92. The molecule has 0 saturated heterocycles. The van der Waals surface area contributed by atoms with E-state index >= 15 is 0 Å². The molecular weight excluding hydrogens is 594 g/mol. The smallest absolute Gasteiger partial charge is 0.368 e. The Kier molecular flexibility index (Phi) is 9.57. The molecule has 0 spiro atoms. The van der Waals surface area contributed by atoms with E-state index in [-0.39, 0.29) is 16.7 Å². The summed E-state index contributed by atoms with van der Waals surface area (Å²) in [5, 5.41) is 21.6. The highest BCUT2D eigenvalue weighted by atomic mass is 32.2. The second-order valence-electron chi connectivity index (χ2n) is 11.8. The van der Waals surface area contributed by atoms with E-state index in [1.165, 1.54) is 47.2 Å². The Labute approximate surface area is 262 Å². The van der Waals surface area contributed by atoms with Gasteiger partial charge in [0.15, 0.2) is 0 Å². The number of hydrogen-bond donors (Lipinski definition) is 3. The Morgan fingerprint density at radius 3 is 2.64 bits per heavy atom. The summed E-state index contributed by atoms with van der Waals surface area (Å²) in [5.41, 5.74) is 2.22. The first-order valence-corrected chi connectivity index (χ1v) is 17.1. The molecule has 3 heterocycles. The van der Waals surface area contributed by atoms with Crippen LogP contribution in [0, 0.1) is 5.92 Å². The molecule has 0 amide bonds. The molecule has 2 atom stereocenters. The van der Waals surface area contributed by atoms with E-state index in [1.54, 1.807) is 48.8 Å². The number of sulfonamides is 1. The summed E-state index contributed by atoms with van der Waals surface area (Å²) in [4.78, 5) is 16.9. The number of unbranched alkanes of at least 4 members (excludes halogenated alkanes) is 1. The number of fused-ring (bicyclic) bond motifs is 1. The largest absolute Gasteiger partial charge is 0.489 e. The number of aliphatic hydroxyl groups excluding tert-OH is 1. The Bertz CT molecular complexity index is 1740. The lowest BCUT2D eigenvalue weighted by atomic mass is 9.82. The second kappa shape index (κ2) is 13.9. The molecule has 6 rings (SSSR count). The summed E-state index contributed by atoms with van der Waals surface area (Å²) in [5.74, 6) is 1.56. The Morgan fingerprint density at radius 2 is 1.89 bits per heavy atom. The standard InChI is InChI=1S/C32H39N7O5S/c40-30(25-8-4-17-33-20-25)22-34-21-28-13-9-24-19-26(10-16-31(24)44-28)35-45(42,43)29-14-11-27(12-15-29)39-32(41)38(36-37-39)18-2-1-5-23-6-3-7-23/h4,8,10-12,14-17,19-20,23,28,30,34-35,40H,1-3,5-7,9,13,18,21-22H2. The van der Waals surface area contributed by atoms with Crippen LogP contribution in [0.1, 0.15) is 62.2 Å². The highest BCUT2D eigenvalue weighted by Crippen LogP contribution is 2.32. The maximum absolute atomic E-state index is 13.2. The van der Waals surface area contributed by atoms with Gasteiger partial charge >= 0.3 is 5.69 Å². The fourth-order valence-electron chi connectivity index (χ4n) is 5.76. The second-order valence-corrected chi connectivity index (χ2v) is 13.5. The molecule has 1 aliphatic heterocycles. The van der Waals surface area contributed by atoms with Crippen LogP contribution in [0.5, 0.6) is 5.75 Å². The zero-order valence-electron chi connectivity index (χ0n) is 25.1. The monoisotopic (exact) mass is 633 g/mol. The third kappa shape index (κ3) is 7.60. The zero-order valence-corrected chi connectivity index (χ0v) is 25.9. The molecule has 2 aromatic carbocycles. The van der Waals surface area contributed by atoms with Crippen molar-refractivity contribution in [1.82, 2.24) is 30.1 Å². The van der Waals surface area contributed by atoms with Gasteiger partial charge in [-0.1, -0.05) is 38.2 Å². The van der Waals surface area contributed by atoms with E-state index in [4.69, 9.17) is 4.74 Å². The van der Waals surface area contributed by atoms with Gasteiger partial charge in [-0.2, -0.15) is 9.36 Å². The summed E-state index contributed by atoms with van der Waals surface area (Å²) < 4.78 is 37.6. The minimum atomic E-state index is -3.87. The average Bonchev–Trinajstić information content (AvgIpc) is 3.40. The van der Waals surface area contributed by atoms with Crippen LogP contribution in [0.3, 0.4) is 0 Å². The minimum absolute atomic E-state index is 0.0642. The summed E-state index contributed by atoms with van der Waals surface area (Å²) in [7, 11) is -3.87. The van der Waals surface area contributed by atoms with Crippen LogP contribution in [0.4, 0.5) is 5.69 Å². The van der Waals surface area contributed by atoms with Gasteiger partial charge in [0.05, 0.1) is 16.7 Å². The molecule has 238 valence electrons. The van der Waals surface area contributed by atoms with Gasteiger partial charge in [0.25, 0.3) is 10.0 Å². The molecule has 1 fully saturated rings. The molecule has 4 aromatic rings. The van der Waals surface area contributed by atoms with Crippen LogP contribution in [0.15, 0.2) is 76.7 Å². The SMILES string of the molecule is O=c1n(CCCCC2CCC2)nnn1-c1ccc(S(=O)(=O)Nc2ccc3c(c2)CCC(CNCC(O)c2cccnc2)O3)cc1. The Balaban J connectivity index is 1.01. The lowest BCUT2D eigenvalue weighted by Gasteiger charge is -2.27. The third-order valence-electron chi connectivity index (χ3n) is 8.61. The molecule has 12 nitrogen and oxygen atoms in total. The number of aliphatic hydroxyl groups is 1. The number of nitrogens with one attached hydrogen (secondary N) is 2. The predicted molar refractivity (Wildman–Crippen MR) is 169 cm³/mol. The van der Waals surface area contributed by atoms with Gasteiger partial charge in [-0.25, -0.2) is 13.2 Å². The van der Waals surface area contributed by atoms with E-state index < -0.39 is 16.1 Å². The molecular formula is C32H39N7O5S. The van der Waals surface area contributed by atoms with Crippen molar-refractivity contribution in [2.24, 2.45) is 5.92 Å². The molecule has 0 bridgehead atoms. The van der Waals surface area contributed by atoms with Crippen LogP contribution in [-0.4, -0.2) is 57.5 Å². The Morgan fingerprint density at radius 1 is 1.04 bits per heavy atom. The summed E-state index contributed by atoms with van der Waals surface area (Å²) >= 11 is 0. The lowest BCUT2D eigenvalue weighted by Crippen LogP contribution is -2.36. The van der Waals surface area contributed by atoms with Gasteiger partial charge in [-0.05, 0) is 89.7 Å². The first-order valence-electron chi connectivity index (χ1n) is 15.6. The summed E-state index contributed by atoms with van der Waals surface area (Å²) in [6, 6.07) is 14.9. The lowest BCUT2D eigenvalue weighted by molar-refractivity contribution is 0.146. The van der Waals surface area contributed by atoms with Crippen molar-refractivity contribution in [3.63, 3.8) is 0 Å². The maximum atomic E-state index is 13.2. The molecule has 0 radical (unpaired) electrons. The maximum Gasteiger partial charge on any atom is 0.368 e. The number of pyridine rings is 1.